The van der Waals surface area contributed by atoms with Crippen LogP contribution in [-0.4, -0.2) is 49.1 Å². The van der Waals surface area contributed by atoms with Gasteiger partial charge >= 0.3 is 5.97 Å². The first-order chi connectivity index (χ1) is 10.3. The van der Waals surface area contributed by atoms with Gasteiger partial charge in [-0.15, -0.1) is 0 Å². The van der Waals surface area contributed by atoms with E-state index >= 15 is 0 Å². The molecular formula is C14H18N2O5S. The number of fused-ring (bicyclic) bond motifs is 1. The van der Waals surface area contributed by atoms with Crippen molar-refractivity contribution in [2.24, 2.45) is 0 Å². The molecule has 1 atom stereocenters. The van der Waals surface area contributed by atoms with Crippen LogP contribution in [0.3, 0.4) is 0 Å². The minimum atomic E-state index is -3.37. The number of benzene rings is 1. The van der Waals surface area contributed by atoms with Crippen molar-refractivity contribution in [1.29, 1.82) is 0 Å². The molecule has 2 rings (SSSR count). The molecule has 7 nitrogen and oxygen atoms in total. The van der Waals surface area contributed by atoms with E-state index in [0.29, 0.717) is 0 Å². The first kappa shape index (κ1) is 16.4. The molecule has 0 aliphatic carbocycles. The fraction of sp³-hybridized carbons (Fsp3) is 0.429. The van der Waals surface area contributed by atoms with Gasteiger partial charge in [0.05, 0.1) is 6.26 Å². The second-order valence-corrected chi connectivity index (χ2v) is 7.10. The molecule has 1 amide bonds. The topological polar surface area (TPSA) is 104 Å². The average Bonchev–Trinajstić information content (AvgIpc) is 2.44. The maximum absolute atomic E-state index is 12.2. The van der Waals surface area contributed by atoms with Gasteiger partial charge in [0.25, 0.3) is 0 Å². The summed E-state index contributed by atoms with van der Waals surface area (Å²) in [5, 5.41) is 9.33. The maximum atomic E-state index is 12.2. The van der Waals surface area contributed by atoms with Crippen LogP contribution < -0.4 is 4.72 Å². The van der Waals surface area contributed by atoms with Crippen molar-refractivity contribution in [1.82, 2.24) is 9.62 Å². The molecule has 1 aromatic rings. The monoisotopic (exact) mass is 326 g/mol. The van der Waals surface area contributed by atoms with E-state index in [4.69, 9.17) is 0 Å². The van der Waals surface area contributed by atoms with Gasteiger partial charge in [0.2, 0.25) is 15.9 Å². The second kappa shape index (κ2) is 6.45. The van der Waals surface area contributed by atoms with Crippen molar-refractivity contribution in [3.05, 3.63) is 35.4 Å². The Morgan fingerprint density at radius 3 is 2.55 bits per heavy atom. The Bertz CT molecular complexity index is 686. The fourth-order valence-corrected chi connectivity index (χ4v) is 2.97. The summed E-state index contributed by atoms with van der Waals surface area (Å²) >= 11 is 0. The molecule has 1 aromatic carbocycles. The van der Waals surface area contributed by atoms with Crippen molar-refractivity contribution in [3.63, 3.8) is 0 Å². The van der Waals surface area contributed by atoms with Crippen LogP contribution in [0.1, 0.15) is 17.5 Å². The van der Waals surface area contributed by atoms with Crippen molar-refractivity contribution >= 4 is 21.9 Å². The Morgan fingerprint density at radius 2 is 1.95 bits per heavy atom. The minimum Gasteiger partial charge on any atom is -0.480 e. The molecule has 0 radical (unpaired) electrons. The first-order valence-corrected chi connectivity index (χ1v) is 8.71. The number of carbonyl (C=O) groups is 2. The number of carboxylic acid groups (broad SMARTS) is 1. The van der Waals surface area contributed by atoms with E-state index in [1.54, 1.807) is 0 Å². The zero-order chi connectivity index (χ0) is 16.3. The summed E-state index contributed by atoms with van der Waals surface area (Å²) in [7, 11) is -3.37. The van der Waals surface area contributed by atoms with E-state index in [1.165, 1.54) is 4.90 Å². The minimum absolute atomic E-state index is 0.0395. The Labute approximate surface area is 129 Å². The highest BCUT2D eigenvalue weighted by Gasteiger charge is 2.34. The van der Waals surface area contributed by atoms with Gasteiger partial charge < -0.3 is 10.0 Å². The lowest BCUT2D eigenvalue weighted by molar-refractivity contribution is -0.151. The zero-order valence-corrected chi connectivity index (χ0v) is 13.0. The number of nitrogens with one attached hydrogen (secondary N) is 1. The number of rotatable bonds is 5. The third-order valence-corrected chi connectivity index (χ3v) is 4.29. The van der Waals surface area contributed by atoms with E-state index < -0.39 is 22.0 Å². The summed E-state index contributed by atoms with van der Waals surface area (Å²) in [5.41, 5.74) is 1.85. The number of carbonyl (C=O) groups excluding carboxylic acids is 1. The molecule has 0 fully saturated rings. The lowest BCUT2D eigenvalue weighted by Gasteiger charge is -2.34. The van der Waals surface area contributed by atoms with Gasteiger partial charge in [0, 0.05) is 25.9 Å². The van der Waals surface area contributed by atoms with Gasteiger partial charge in [-0.2, -0.15) is 0 Å². The SMILES string of the molecule is CS(=O)(=O)NCCC(=O)N1Cc2ccccc2C[C@@H]1C(=O)O. The molecule has 1 aliphatic heterocycles. The molecular weight excluding hydrogens is 308 g/mol. The Morgan fingerprint density at radius 1 is 1.32 bits per heavy atom. The number of aliphatic carboxylic acids is 1. The van der Waals surface area contributed by atoms with E-state index in [-0.39, 0.29) is 31.8 Å². The number of nitrogens with zero attached hydrogens (tertiary/aromatic N) is 1. The highest BCUT2D eigenvalue weighted by Crippen LogP contribution is 2.24. The number of carboxylic acids is 1. The number of amides is 1. The molecule has 0 spiro atoms. The highest BCUT2D eigenvalue weighted by atomic mass is 32.2. The smallest absolute Gasteiger partial charge is 0.326 e. The lowest BCUT2D eigenvalue weighted by Crippen LogP contribution is -2.49. The maximum Gasteiger partial charge on any atom is 0.326 e. The fourth-order valence-electron chi connectivity index (χ4n) is 2.49. The lowest BCUT2D eigenvalue weighted by atomic mass is 9.93. The normalized spacial score (nSPS) is 17.9. The molecule has 0 unspecified atom stereocenters. The van der Waals surface area contributed by atoms with Crippen LogP contribution in [0.15, 0.2) is 24.3 Å². The standard InChI is InChI=1S/C14H18N2O5S/c1-22(20,21)15-7-6-13(17)16-9-11-5-3-2-4-10(11)8-12(16)14(18)19/h2-5,12,15H,6-9H2,1H3,(H,18,19)/t12-/m1/s1. The van der Waals surface area contributed by atoms with Gasteiger partial charge in [-0.3, -0.25) is 4.79 Å². The summed E-state index contributed by atoms with van der Waals surface area (Å²) in [6.45, 7) is 0.188. The molecule has 120 valence electrons. The third kappa shape index (κ3) is 4.05. The molecule has 0 bridgehead atoms. The highest BCUT2D eigenvalue weighted by molar-refractivity contribution is 7.88. The van der Waals surface area contributed by atoms with Crippen LogP contribution in [-0.2, 0) is 32.6 Å². The number of hydrogen-bond donors (Lipinski definition) is 2. The van der Waals surface area contributed by atoms with Gasteiger partial charge in [0.1, 0.15) is 6.04 Å². The molecule has 0 saturated carbocycles. The third-order valence-electron chi connectivity index (χ3n) is 3.56. The molecule has 22 heavy (non-hydrogen) atoms. The summed E-state index contributed by atoms with van der Waals surface area (Å²) < 4.78 is 24.2. The summed E-state index contributed by atoms with van der Waals surface area (Å²) in [6.07, 6.45) is 1.20. The van der Waals surface area contributed by atoms with Gasteiger partial charge in [-0.25, -0.2) is 17.9 Å². The summed E-state index contributed by atoms with van der Waals surface area (Å²) in [6, 6.07) is 6.49. The molecule has 1 heterocycles. The first-order valence-electron chi connectivity index (χ1n) is 6.81. The molecule has 2 N–H and O–H groups in total. The van der Waals surface area contributed by atoms with Crippen LogP contribution in [0.5, 0.6) is 0 Å². The molecule has 8 heteroatoms. The summed E-state index contributed by atoms with van der Waals surface area (Å²) in [4.78, 5) is 24.9. The molecule has 1 aliphatic rings. The van der Waals surface area contributed by atoms with E-state index in [0.717, 1.165) is 17.4 Å². The Balaban J connectivity index is 2.10. The number of hydrogen-bond acceptors (Lipinski definition) is 4. The van der Waals surface area contributed by atoms with Gasteiger partial charge in [-0.1, -0.05) is 24.3 Å². The van der Waals surface area contributed by atoms with E-state index in [9.17, 15) is 23.1 Å². The largest absolute Gasteiger partial charge is 0.480 e. The van der Waals surface area contributed by atoms with Crippen LogP contribution in [0.25, 0.3) is 0 Å². The predicted octanol–water partition coefficient (Wildman–Crippen LogP) is -0.0362. The molecule has 0 saturated heterocycles. The predicted molar refractivity (Wildman–Crippen MR) is 79.6 cm³/mol. The summed E-state index contributed by atoms with van der Waals surface area (Å²) in [5.74, 6) is -1.43. The van der Waals surface area contributed by atoms with E-state index in [2.05, 4.69) is 4.72 Å². The Hall–Kier alpha value is -1.93. The second-order valence-electron chi connectivity index (χ2n) is 5.27. The van der Waals surface area contributed by atoms with E-state index in [1.807, 2.05) is 24.3 Å². The Kier molecular flexibility index (Phi) is 4.82. The average molecular weight is 326 g/mol. The van der Waals surface area contributed by atoms with Gasteiger partial charge in [-0.05, 0) is 11.1 Å². The van der Waals surface area contributed by atoms with Crippen LogP contribution in [0, 0.1) is 0 Å². The zero-order valence-electron chi connectivity index (χ0n) is 12.2. The van der Waals surface area contributed by atoms with Crippen LogP contribution in [0.2, 0.25) is 0 Å². The van der Waals surface area contributed by atoms with Crippen molar-refractivity contribution in [2.75, 3.05) is 12.8 Å². The number of sulfonamides is 1. The molecule has 0 aromatic heterocycles. The van der Waals surface area contributed by atoms with Gasteiger partial charge in [0.15, 0.2) is 0 Å². The van der Waals surface area contributed by atoms with Crippen molar-refractivity contribution in [3.8, 4) is 0 Å². The van der Waals surface area contributed by atoms with Crippen LogP contribution in [0.4, 0.5) is 0 Å². The quantitative estimate of drug-likeness (QED) is 0.790. The van der Waals surface area contributed by atoms with Crippen molar-refractivity contribution < 1.29 is 23.1 Å². The van der Waals surface area contributed by atoms with Crippen molar-refractivity contribution in [2.45, 2.75) is 25.4 Å². The van der Waals surface area contributed by atoms with Crippen LogP contribution >= 0.6 is 0 Å².